The van der Waals surface area contributed by atoms with E-state index in [4.69, 9.17) is 4.42 Å². The molecule has 0 radical (unpaired) electrons. The second-order valence-corrected chi connectivity index (χ2v) is 6.55. The van der Waals surface area contributed by atoms with Crippen LogP contribution in [0, 0.1) is 0 Å². The summed E-state index contributed by atoms with van der Waals surface area (Å²) in [5, 5.41) is 13.4. The summed E-state index contributed by atoms with van der Waals surface area (Å²) in [4.78, 5) is 0. The molecule has 0 aliphatic carbocycles. The lowest BCUT2D eigenvalue weighted by atomic mass is 10.1. The highest BCUT2D eigenvalue weighted by Gasteiger charge is 2.13. The van der Waals surface area contributed by atoms with Crippen LogP contribution < -0.4 is 5.32 Å². The zero-order valence-electron chi connectivity index (χ0n) is 9.95. The van der Waals surface area contributed by atoms with Gasteiger partial charge >= 0.3 is 0 Å². The lowest BCUT2D eigenvalue weighted by Crippen LogP contribution is -2.35. The Hall–Kier alpha value is -0.720. The number of hydrogen-bond donors (Lipinski definition) is 1. The first kappa shape index (κ1) is 12.7. The van der Waals surface area contributed by atoms with Crippen LogP contribution in [0.2, 0.25) is 0 Å². The second kappa shape index (κ2) is 4.88. The number of hydrogen-bond acceptors (Lipinski definition) is 5. The maximum Gasteiger partial charge on any atom is 0.183 e. The Labute approximate surface area is 113 Å². The third-order valence-corrected chi connectivity index (χ3v) is 3.38. The number of halogens is 1. The maximum atomic E-state index is 5.43. The van der Waals surface area contributed by atoms with E-state index in [-0.39, 0.29) is 5.54 Å². The van der Waals surface area contributed by atoms with Gasteiger partial charge in [0.1, 0.15) is 5.01 Å². The minimum Gasteiger partial charge on any atom is -0.447 e. The van der Waals surface area contributed by atoms with Crippen LogP contribution in [0.4, 0.5) is 0 Å². The van der Waals surface area contributed by atoms with Crippen LogP contribution in [0.5, 0.6) is 0 Å². The van der Waals surface area contributed by atoms with Crippen molar-refractivity contribution in [3.8, 4) is 10.8 Å². The Balaban J connectivity index is 2.06. The van der Waals surface area contributed by atoms with E-state index < -0.39 is 0 Å². The summed E-state index contributed by atoms with van der Waals surface area (Å²) in [5.74, 6) is 0.747. The van der Waals surface area contributed by atoms with Gasteiger partial charge in [0.25, 0.3) is 0 Å². The van der Waals surface area contributed by atoms with Crippen molar-refractivity contribution in [2.75, 3.05) is 0 Å². The molecule has 2 aromatic rings. The van der Waals surface area contributed by atoms with Crippen LogP contribution >= 0.6 is 27.3 Å². The Morgan fingerprint density at radius 3 is 2.71 bits per heavy atom. The van der Waals surface area contributed by atoms with Crippen molar-refractivity contribution in [2.45, 2.75) is 32.9 Å². The Kier molecular flexibility index (Phi) is 3.65. The molecule has 0 saturated carbocycles. The molecule has 0 aromatic carbocycles. The second-order valence-electron chi connectivity index (χ2n) is 4.71. The largest absolute Gasteiger partial charge is 0.447 e. The standard InChI is InChI=1S/C11H14BrN3OS/c1-11(2,3)13-6-9-14-15-10(17-9)7-4-5-8(12)16-7/h4-5,13H,6H2,1-3H3. The molecule has 2 rings (SSSR count). The molecule has 0 aliphatic heterocycles. The lowest BCUT2D eigenvalue weighted by molar-refractivity contribution is 0.423. The van der Waals surface area contributed by atoms with Gasteiger partial charge in [0.2, 0.25) is 0 Å². The van der Waals surface area contributed by atoms with E-state index >= 15 is 0 Å². The molecule has 4 nitrogen and oxygen atoms in total. The van der Waals surface area contributed by atoms with Gasteiger partial charge in [-0.25, -0.2) is 0 Å². The molecule has 0 unspecified atom stereocenters. The molecule has 0 amide bonds. The predicted octanol–water partition coefficient (Wildman–Crippen LogP) is 3.45. The Morgan fingerprint density at radius 2 is 2.12 bits per heavy atom. The van der Waals surface area contributed by atoms with E-state index in [2.05, 4.69) is 52.2 Å². The number of furan rings is 1. The van der Waals surface area contributed by atoms with E-state index in [1.807, 2.05) is 12.1 Å². The Morgan fingerprint density at radius 1 is 1.35 bits per heavy atom. The van der Waals surface area contributed by atoms with Crippen molar-refractivity contribution in [1.29, 1.82) is 0 Å². The molecule has 92 valence electrons. The van der Waals surface area contributed by atoms with Gasteiger partial charge in [-0.1, -0.05) is 11.3 Å². The maximum absolute atomic E-state index is 5.43. The van der Waals surface area contributed by atoms with Gasteiger partial charge in [-0.2, -0.15) is 0 Å². The van der Waals surface area contributed by atoms with E-state index in [1.54, 1.807) is 11.3 Å². The van der Waals surface area contributed by atoms with Crippen molar-refractivity contribution < 1.29 is 4.42 Å². The van der Waals surface area contributed by atoms with Gasteiger partial charge in [-0.05, 0) is 48.8 Å². The highest BCUT2D eigenvalue weighted by molar-refractivity contribution is 9.10. The summed E-state index contributed by atoms with van der Waals surface area (Å²) in [6.45, 7) is 7.10. The quantitative estimate of drug-likeness (QED) is 0.942. The molecule has 6 heteroatoms. The monoisotopic (exact) mass is 315 g/mol. The fraction of sp³-hybridized carbons (Fsp3) is 0.455. The van der Waals surface area contributed by atoms with Crippen LogP contribution in [0.15, 0.2) is 21.2 Å². The fourth-order valence-corrected chi connectivity index (χ4v) is 2.24. The van der Waals surface area contributed by atoms with E-state index in [9.17, 15) is 0 Å². The zero-order chi connectivity index (χ0) is 12.5. The summed E-state index contributed by atoms with van der Waals surface area (Å²) in [5.41, 5.74) is 0.0829. The van der Waals surface area contributed by atoms with Gasteiger partial charge in [0.15, 0.2) is 15.4 Å². The lowest BCUT2D eigenvalue weighted by Gasteiger charge is -2.19. The molecule has 0 fully saturated rings. The van der Waals surface area contributed by atoms with Gasteiger partial charge < -0.3 is 9.73 Å². The summed E-state index contributed by atoms with van der Waals surface area (Å²) < 4.78 is 6.14. The van der Waals surface area contributed by atoms with Crippen LogP contribution in [0.25, 0.3) is 10.8 Å². The summed E-state index contributed by atoms with van der Waals surface area (Å²) in [6.07, 6.45) is 0. The van der Waals surface area contributed by atoms with Crippen molar-refractivity contribution in [1.82, 2.24) is 15.5 Å². The number of rotatable bonds is 3. The van der Waals surface area contributed by atoms with E-state index in [1.165, 1.54) is 0 Å². The molecule has 2 heterocycles. The fourth-order valence-electron chi connectivity index (χ4n) is 1.19. The van der Waals surface area contributed by atoms with Gasteiger partial charge in [-0.15, -0.1) is 10.2 Å². The van der Waals surface area contributed by atoms with E-state index in [0.29, 0.717) is 4.67 Å². The van der Waals surface area contributed by atoms with Crippen molar-refractivity contribution in [2.24, 2.45) is 0 Å². The first-order valence-corrected chi connectivity index (χ1v) is 6.88. The average molecular weight is 316 g/mol. The number of nitrogens with zero attached hydrogens (tertiary/aromatic N) is 2. The molecular weight excluding hydrogens is 302 g/mol. The van der Waals surface area contributed by atoms with E-state index in [0.717, 1.165) is 22.3 Å². The van der Waals surface area contributed by atoms with Crippen LogP contribution in [0.1, 0.15) is 25.8 Å². The minimum absolute atomic E-state index is 0.0829. The highest BCUT2D eigenvalue weighted by Crippen LogP contribution is 2.27. The van der Waals surface area contributed by atoms with Crippen molar-refractivity contribution >= 4 is 27.3 Å². The van der Waals surface area contributed by atoms with Crippen LogP contribution in [-0.2, 0) is 6.54 Å². The topological polar surface area (TPSA) is 51.0 Å². The normalized spacial score (nSPS) is 12.0. The van der Waals surface area contributed by atoms with Gasteiger partial charge in [0, 0.05) is 5.54 Å². The van der Waals surface area contributed by atoms with Crippen molar-refractivity contribution in [3.05, 3.63) is 21.8 Å². The summed E-state index contributed by atoms with van der Waals surface area (Å²) in [7, 11) is 0. The predicted molar refractivity (Wildman–Crippen MR) is 71.9 cm³/mol. The van der Waals surface area contributed by atoms with Crippen molar-refractivity contribution in [3.63, 3.8) is 0 Å². The van der Waals surface area contributed by atoms with Crippen LogP contribution in [0.3, 0.4) is 0 Å². The van der Waals surface area contributed by atoms with Gasteiger partial charge in [0.05, 0.1) is 6.54 Å². The molecule has 0 spiro atoms. The smallest absolute Gasteiger partial charge is 0.183 e. The first-order chi connectivity index (χ1) is 7.94. The molecule has 17 heavy (non-hydrogen) atoms. The summed E-state index contributed by atoms with van der Waals surface area (Å²) in [6, 6.07) is 3.73. The average Bonchev–Trinajstić information content (AvgIpc) is 2.81. The molecule has 0 atom stereocenters. The SMILES string of the molecule is CC(C)(C)NCc1nnc(-c2ccc(Br)o2)s1. The number of aromatic nitrogens is 2. The third-order valence-electron chi connectivity index (χ3n) is 2.02. The van der Waals surface area contributed by atoms with Crippen LogP contribution in [-0.4, -0.2) is 15.7 Å². The molecular formula is C11H14BrN3OS. The number of nitrogens with one attached hydrogen (secondary N) is 1. The molecule has 2 aromatic heterocycles. The minimum atomic E-state index is 0.0829. The Bertz CT molecular complexity index is 501. The molecule has 0 aliphatic rings. The highest BCUT2D eigenvalue weighted by atomic mass is 79.9. The molecule has 0 saturated heterocycles. The third kappa shape index (κ3) is 3.62. The zero-order valence-corrected chi connectivity index (χ0v) is 12.4. The summed E-state index contributed by atoms with van der Waals surface area (Å²) >= 11 is 4.81. The van der Waals surface area contributed by atoms with Gasteiger partial charge in [-0.3, -0.25) is 0 Å². The molecule has 0 bridgehead atoms. The first-order valence-electron chi connectivity index (χ1n) is 5.27. The molecule has 1 N–H and O–H groups in total.